The van der Waals surface area contributed by atoms with E-state index in [1.165, 1.54) is 32.4 Å². The van der Waals surface area contributed by atoms with Gasteiger partial charge in [-0.15, -0.1) is 0 Å². The highest BCUT2D eigenvalue weighted by Gasteiger charge is 2.38. The van der Waals surface area contributed by atoms with Crippen LogP contribution in [0, 0.1) is 0 Å². The molecule has 0 aliphatic carbocycles. The Hall–Kier alpha value is -5.66. The highest BCUT2D eigenvalue weighted by atomic mass is 19.4. The second-order valence-electron chi connectivity index (χ2n) is 9.23. The Balaban J connectivity index is 0.000000707. The minimum absolute atomic E-state index is 0.0394. The quantitative estimate of drug-likeness (QED) is 0.202. The molecule has 14 heteroatoms. The number of pyridine rings is 1. The van der Waals surface area contributed by atoms with Crippen LogP contribution in [0.1, 0.15) is 44.9 Å². The van der Waals surface area contributed by atoms with Crippen LogP contribution in [-0.4, -0.2) is 65.8 Å². The minimum atomic E-state index is -5.08. The number of amides is 1. The van der Waals surface area contributed by atoms with Crippen molar-refractivity contribution >= 4 is 34.4 Å². The molecular weight excluding hydrogens is 601 g/mol. The van der Waals surface area contributed by atoms with Gasteiger partial charge in [-0.3, -0.25) is 14.6 Å². The van der Waals surface area contributed by atoms with Gasteiger partial charge >= 0.3 is 18.1 Å². The maximum absolute atomic E-state index is 13.5. The van der Waals surface area contributed by atoms with Crippen molar-refractivity contribution in [1.82, 2.24) is 10.3 Å². The summed E-state index contributed by atoms with van der Waals surface area (Å²) in [4.78, 5) is 50.7. The number of nitrogens with zero attached hydrogens (tertiary/aromatic N) is 1. The predicted octanol–water partition coefficient (Wildman–Crippen LogP) is 5.07. The summed E-state index contributed by atoms with van der Waals surface area (Å²) in [6.45, 7) is 1.64. The number of halogens is 3. The number of hydrogen-bond acceptors (Lipinski definition) is 8. The Morgan fingerprint density at radius 1 is 0.889 bits per heavy atom. The molecule has 0 spiro atoms. The molecule has 0 aliphatic heterocycles. The zero-order valence-electron chi connectivity index (χ0n) is 24.0. The second kappa shape index (κ2) is 14.7. The van der Waals surface area contributed by atoms with Crippen LogP contribution in [-0.2, 0) is 9.59 Å². The average Bonchev–Trinajstić information content (AvgIpc) is 3.02. The van der Waals surface area contributed by atoms with Crippen LogP contribution >= 0.6 is 0 Å². The first-order valence-corrected chi connectivity index (χ1v) is 13.0. The number of carbonyl (C=O) groups excluding carboxylic acids is 2. The number of benzene rings is 3. The van der Waals surface area contributed by atoms with Gasteiger partial charge in [-0.25, -0.2) is 9.59 Å². The molecule has 0 aliphatic rings. The first kappa shape index (κ1) is 33.8. The van der Waals surface area contributed by atoms with Crippen LogP contribution < -0.4 is 19.5 Å². The van der Waals surface area contributed by atoms with Crippen molar-refractivity contribution in [2.24, 2.45) is 0 Å². The van der Waals surface area contributed by atoms with Crippen LogP contribution in [0.3, 0.4) is 0 Å². The number of hydrogen-bond donors (Lipinski definition) is 3. The zero-order chi connectivity index (χ0) is 33.3. The van der Waals surface area contributed by atoms with Crippen LogP contribution in [0.15, 0.2) is 72.9 Å². The van der Waals surface area contributed by atoms with E-state index in [2.05, 4.69) is 10.3 Å². The Labute approximate surface area is 254 Å². The maximum atomic E-state index is 13.5. The third-order valence-electron chi connectivity index (χ3n) is 6.22. The molecule has 0 saturated heterocycles. The lowest BCUT2D eigenvalue weighted by Gasteiger charge is -2.15. The molecule has 1 heterocycles. The molecule has 3 N–H and O–H groups in total. The summed E-state index contributed by atoms with van der Waals surface area (Å²) in [5.74, 6) is -3.74. The number of aromatic carboxylic acids is 1. The summed E-state index contributed by atoms with van der Waals surface area (Å²) in [5, 5.41) is 20.2. The second-order valence-corrected chi connectivity index (χ2v) is 9.23. The molecule has 236 valence electrons. The van der Waals surface area contributed by atoms with Crippen molar-refractivity contribution in [3.63, 3.8) is 0 Å². The van der Waals surface area contributed by atoms with Gasteiger partial charge in [-0.1, -0.05) is 42.5 Å². The van der Waals surface area contributed by atoms with E-state index in [9.17, 15) is 32.7 Å². The number of nitrogens with one attached hydrogen (secondary N) is 1. The van der Waals surface area contributed by atoms with Crippen LogP contribution in [0.5, 0.6) is 17.2 Å². The van der Waals surface area contributed by atoms with Crippen molar-refractivity contribution in [2.75, 3.05) is 20.8 Å². The topological polar surface area (TPSA) is 161 Å². The lowest BCUT2D eigenvalue weighted by molar-refractivity contribution is -0.192. The molecule has 3 aromatic carbocycles. The SMILES string of the molecule is COc1cc2c(C(=O)O)cnc(C(=O)c3cccc(OCC(=O)NC(C)c4ccccc4)c3)c2cc1OC.O=C(O)C(F)(F)F. The highest BCUT2D eigenvalue weighted by molar-refractivity contribution is 6.18. The number of ketones is 1. The van der Waals surface area contributed by atoms with Crippen molar-refractivity contribution in [2.45, 2.75) is 19.1 Å². The molecule has 4 rings (SSSR count). The standard InChI is InChI=1S/C29H26N2O7.C2HF3O2/c1-17(18-8-5-4-6-9-18)31-26(32)16-38-20-11-7-10-19(12-20)28(33)27-22-14-25(37-3)24(36-2)13-21(22)23(15-30-27)29(34)35;3-2(4,5)1(6)7/h4-15,17H,16H2,1-3H3,(H,31,32)(H,34,35);(H,6,7). The van der Waals surface area contributed by atoms with Gasteiger partial charge in [-0.2, -0.15) is 13.2 Å². The lowest BCUT2D eigenvalue weighted by atomic mass is 9.99. The molecule has 4 aromatic rings. The fourth-order valence-electron chi connectivity index (χ4n) is 4.04. The summed E-state index contributed by atoms with van der Waals surface area (Å²) in [6, 6.07) is 18.8. The average molecular weight is 629 g/mol. The number of rotatable bonds is 10. The Morgan fingerprint density at radius 2 is 1.49 bits per heavy atom. The third kappa shape index (κ3) is 8.69. The summed E-state index contributed by atoms with van der Waals surface area (Å²) in [7, 11) is 2.88. The number of fused-ring (bicyclic) bond motifs is 1. The molecule has 0 saturated carbocycles. The van der Waals surface area contributed by atoms with E-state index in [1.807, 2.05) is 37.3 Å². The van der Waals surface area contributed by atoms with Gasteiger partial charge in [0.05, 0.1) is 25.8 Å². The molecule has 45 heavy (non-hydrogen) atoms. The van der Waals surface area contributed by atoms with E-state index in [1.54, 1.807) is 18.2 Å². The number of aliphatic carboxylic acids is 1. The number of aromatic nitrogens is 1. The minimum Gasteiger partial charge on any atom is -0.493 e. The van der Waals surface area contributed by atoms with Crippen LogP contribution in [0.2, 0.25) is 0 Å². The number of carboxylic acids is 2. The number of carbonyl (C=O) groups is 4. The number of alkyl halides is 3. The molecule has 1 atom stereocenters. The van der Waals surface area contributed by atoms with Gasteiger partial charge < -0.3 is 29.7 Å². The fraction of sp³-hybridized carbons (Fsp3) is 0.194. The van der Waals surface area contributed by atoms with Gasteiger partial charge in [0, 0.05) is 22.5 Å². The van der Waals surface area contributed by atoms with Crippen LogP contribution in [0.25, 0.3) is 10.8 Å². The van der Waals surface area contributed by atoms with Crippen molar-refractivity contribution < 1.29 is 56.8 Å². The van der Waals surface area contributed by atoms with E-state index in [0.717, 1.165) is 11.8 Å². The van der Waals surface area contributed by atoms with Gasteiger partial charge in [0.15, 0.2) is 18.1 Å². The summed E-state index contributed by atoms with van der Waals surface area (Å²) >= 11 is 0. The first-order valence-electron chi connectivity index (χ1n) is 13.0. The smallest absolute Gasteiger partial charge is 0.490 e. The molecule has 0 fully saturated rings. The summed E-state index contributed by atoms with van der Waals surface area (Å²) in [6.07, 6.45) is -3.94. The molecule has 1 amide bonds. The van der Waals surface area contributed by atoms with Crippen molar-refractivity contribution in [3.8, 4) is 17.2 Å². The zero-order valence-corrected chi connectivity index (χ0v) is 24.0. The van der Waals surface area contributed by atoms with Gasteiger partial charge in [0.2, 0.25) is 5.78 Å². The molecule has 11 nitrogen and oxygen atoms in total. The molecule has 0 radical (unpaired) electrons. The largest absolute Gasteiger partial charge is 0.493 e. The Bertz CT molecular complexity index is 1710. The summed E-state index contributed by atoms with van der Waals surface area (Å²) in [5.41, 5.74) is 1.19. The number of ether oxygens (including phenoxy) is 3. The van der Waals surface area contributed by atoms with E-state index in [-0.39, 0.29) is 40.8 Å². The molecule has 1 unspecified atom stereocenters. The van der Waals surface area contributed by atoms with Crippen LogP contribution in [0.4, 0.5) is 13.2 Å². The normalized spacial score (nSPS) is 11.4. The van der Waals surface area contributed by atoms with E-state index >= 15 is 0 Å². The Kier molecular flexibility index (Phi) is 11.0. The van der Waals surface area contributed by atoms with E-state index in [4.69, 9.17) is 24.1 Å². The van der Waals surface area contributed by atoms with Crippen molar-refractivity contribution in [1.29, 1.82) is 0 Å². The lowest BCUT2D eigenvalue weighted by Crippen LogP contribution is -2.31. The predicted molar refractivity (Wildman–Crippen MR) is 154 cm³/mol. The monoisotopic (exact) mass is 628 g/mol. The Morgan fingerprint density at radius 3 is 2.04 bits per heavy atom. The fourth-order valence-corrected chi connectivity index (χ4v) is 4.04. The van der Waals surface area contributed by atoms with Gasteiger partial charge in [0.1, 0.15) is 11.4 Å². The van der Waals surface area contributed by atoms with E-state index in [0.29, 0.717) is 22.6 Å². The maximum Gasteiger partial charge on any atom is 0.490 e. The third-order valence-corrected chi connectivity index (χ3v) is 6.22. The molecule has 0 bridgehead atoms. The van der Waals surface area contributed by atoms with Gasteiger partial charge in [-0.05, 0) is 36.8 Å². The van der Waals surface area contributed by atoms with Gasteiger partial charge in [0.25, 0.3) is 5.91 Å². The van der Waals surface area contributed by atoms with E-state index < -0.39 is 23.9 Å². The molecular formula is C31H27F3N2O9. The number of carboxylic acid groups (broad SMARTS) is 2. The highest BCUT2D eigenvalue weighted by Crippen LogP contribution is 2.35. The molecule has 1 aromatic heterocycles. The first-order chi connectivity index (χ1) is 21.3. The van der Waals surface area contributed by atoms with Crippen molar-refractivity contribution in [3.05, 3.63) is 95.3 Å². The summed E-state index contributed by atoms with van der Waals surface area (Å²) < 4.78 is 48.0. The number of methoxy groups -OCH3 is 2.